The van der Waals surface area contributed by atoms with E-state index in [9.17, 15) is 4.79 Å². The van der Waals surface area contributed by atoms with Crippen molar-refractivity contribution in [3.8, 4) is 17.2 Å². The van der Waals surface area contributed by atoms with Crippen LogP contribution in [-0.4, -0.2) is 33.3 Å². The van der Waals surface area contributed by atoms with Crippen molar-refractivity contribution >= 4 is 17.5 Å². The lowest BCUT2D eigenvalue weighted by molar-refractivity contribution is -0.121. The van der Waals surface area contributed by atoms with E-state index in [1.165, 1.54) is 0 Å². The lowest BCUT2D eigenvalue weighted by Gasteiger charge is -2.11. The average molecular weight is 406 g/mol. The Balaban J connectivity index is 1.68. The van der Waals surface area contributed by atoms with Gasteiger partial charge in [-0.2, -0.15) is 0 Å². The van der Waals surface area contributed by atoms with Crippen molar-refractivity contribution < 1.29 is 19.0 Å². The van der Waals surface area contributed by atoms with Crippen molar-refractivity contribution in [2.75, 3.05) is 27.4 Å². The van der Waals surface area contributed by atoms with E-state index in [4.69, 9.17) is 25.8 Å². The number of ether oxygens (including phenoxy) is 3. The second-order valence-corrected chi connectivity index (χ2v) is 6.99. The van der Waals surface area contributed by atoms with E-state index in [1.807, 2.05) is 44.2 Å². The van der Waals surface area contributed by atoms with E-state index in [0.29, 0.717) is 37.5 Å². The van der Waals surface area contributed by atoms with Crippen LogP contribution in [-0.2, 0) is 11.2 Å². The molecule has 0 unspecified atom stereocenters. The van der Waals surface area contributed by atoms with Gasteiger partial charge in [0, 0.05) is 18.0 Å². The minimum absolute atomic E-state index is 0.0209. The average Bonchev–Trinajstić information content (AvgIpc) is 2.69. The van der Waals surface area contributed by atoms with Crippen LogP contribution in [0.3, 0.4) is 0 Å². The molecule has 0 radical (unpaired) electrons. The molecule has 0 aliphatic heterocycles. The molecule has 0 aromatic heterocycles. The number of carbonyl (C=O) groups is 1. The molecule has 2 aromatic carbocycles. The van der Waals surface area contributed by atoms with Crippen LogP contribution in [0.15, 0.2) is 30.3 Å². The molecule has 0 saturated carbocycles. The second kappa shape index (κ2) is 10.8. The van der Waals surface area contributed by atoms with E-state index in [2.05, 4.69) is 5.32 Å². The van der Waals surface area contributed by atoms with Crippen molar-refractivity contribution in [2.45, 2.75) is 33.1 Å². The summed E-state index contributed by atoms with van der Waals surface area (Å²) in [6, 6.07) is 9.59. The van der Waals surface area contributed by atoms with Gasteiger partial charge in [0.1, 0.15) is 5.75 Å². The van der Waals surface area contributed by atoms with Gasteiger partial charge < -0.3 is 19.5 Å². The highest BCUT2D eigenvalue weighted by Gasteiger charge is 2.07. The van der Waals surface area contributed by atoms with Gasteiger partial charge in [-0.25, -0.2) is 0 Å². The number of amides is 1. The third-order valence-corrected chi connectivity index (χ3v) is 5.01. The maximum atomic E-state index is 12.0. The number of methoxy groups -OCH3 is 2. The first-order valence-electron chi connectivity index (χ1n) is 9.31. The van der Waals surface area contributed by atoms with E-state index >= 15 is 0 Å². The highest BCUT2D eigenvalue weighted by Crippen LogP contribution is 2.28. The van der Waals surface area contributed by atoms with Crippen LogP contribution in [0.1, 0.15) is 29.5 Å². The summed E-state index contributed by atoms with van der Waals surface area (Å²) in [4.78, 5) is 12.0. The predicted molar refractivity (Wildman–Crippen MR) is 112 cm³/mol. The summed E-state index contributed by atoms with van der Waals surface area (Å²) in [7, 11) is 3.22. The molecule has 0 aliphatic rings. The zero-order valence-corrected chi connectivity index (χ0v) is 17.7. The third kappa shape index (κ3) is 6.34. The lowest BCUT2D eigenvalue weighted by Crippen LogP contribution is -2.25. The highest BCUT2D eigenvalue weighted by atomic mass is 35.5. The fourth-order valence-corrected chi connectivity index (χ4v) is 2.99. The minimum atomic E-state index is 0.0209. The first-order valence-corrected chi connectivity index (χ1v) is 9.69. The summed E-state index contributed by atoms with van der Waals surface area (Å²) in [6.07, 6.45) is 1.81. The molecular weight excluding hydrogens is 378 g/mol. The van der Waals surface area contributed by atoms with Gasteiger partial charge in [0.25, 0.3) is 0 Å². The third-order valence-electron chi connectivity index (χ3n) is 4.41. The number of rotatable bonds is 10. The molecule has 0 heterocycles. The molecule has 0 aliphatic carbocycles. The number of carbonyl (C=O) groups excluding carboxylic acids is 1. The Labute approximate surface area is 171 Å². The molecule has 1 amide bonds. The van der Waals surface area contributed by atoms with Crippen LogP contribution >= 0.6 is 11.6 Å². The Bertz CT molecular complexity index is 784. The summed E-state index contributed by atoms with van der Waals surface area (Å²) in [5.74, 6) is 2.19. The first-order chi connectivity index (χ1) is 13.4. The van der Waals surface area contributed by atoms with Gasteiger partial charge in [0.2, 0.25) is 5.91 Å². The fourth-order valence-electron chi connectivity index (χ4n) is 2.88. The molecule has 5 nitrogen and oxygen atoms in total. The molecular formula is C22H28ClNO4. The van der Waals surface area contributed by atoms with Crippen LogP contribution < -0.4 is 19.5 Å². The van der Waals surface area contributed by atoms with E-state index in [0.717, 1.165) is 33.9 Å². The van der Waals surface area contributed by atoms with Crippen LogP contribution in [0.2, 0.25) is 5.02 Å². The Kier molecular flexibility index (Phi) is 8.45. The Hall–Kier alpha value is -2.40. The molecule has 0 atom stereocenters. The highest BCUT2D eigenvalue weighted by molar-refractivity contribution is 6.32. The maximum Gasteiger partial charge on any atom is 0.220 e. The number of aryl methyl sites for hydroxylation is 2. The van der Waals surface area contributed by atoms with Crippen LogP contribution in [0, 0.1) is 13.8 Å². The molecule has 6 heteroatoms. The number of benzene rings is 2. The maximum absolute atomic E-state index is 12.0. The van der Waals surface area contributed by atoms with E-state index in [-0.39, 0.29) is 5.91 Å². The molecule has 2 aromatic rings. The first kappa shape index (κ1) is 21.9. The summed E-state index contributed by atoms with van der Waals surface area (Å²) >= 11 is 6.16. The number of halogens is 1. The minimum Gasteiger partial charge on any atom is -0.494 e. The molecule has 0 bridgehead atoms. The summed E-state index contributed by atoms with van der Waals surface area (Å²) in [5.41, 5.74) is 3.06. The molecule has 0 fully saturated rings. The Morgan fingerprint density at radius 1 is 1.04 bits per heavy atom. The largest absolute Gasteiger partial charge is 0.494 e. The SMILES string of the molecule is COc1ccc(CCNC(=O)CCCOc2cc(C)c(Cl)c(C)c2)cc1OC. The summed E-state index contributed by atoms with van der Waals surface area (Å²) < 4.78 is 16.3. The molecule has 0 saturated heterocycles. The number of hydrogen-bond acceptors (Lipinski definition) is 4. The Morgan fingerprint density at radius 2 is 1.71 bits per heavy atom. The van der Waals surface area contributed by atoms with Crippen molar-refractivity contribution in [2.24, 2.45) is 0 Å². The van der Waals surface area contributed by atoms with Crippen molar-refractivity contribution in [3.05, 3.63) is 52.0 Å². The van der Waals surface area contributed by atoms with Gasteiger partial charge in [-0.3, -0.25) is 4.79 Å². The topological polar surface area (TPSA) is 56.8 Å². The van der Waals surface area contributed by atoms with Gasteiger partial charge in [-0.05, 0) is 67.6 Å². The fraction of sp³-hybridized carbons (Fsp3) is 0.409. The number of hydrogen-bond donors (Lipinski definition) is 1. The molecule has 2 rings (SSSR count). The summed E-state index contributed by atoms with van der Waals surface area (Å²) in [5, 5.41) is 3.70. The molecule has 28 heavy (non-hydrogen) atoms. The predicted octanol–water partition coefficient (Wildman–Crippen LogP) is 4.49. The van der Waals surface area contributed by atoms with Gasteiger partial charge in [0.05, 0.1) is 20.8 Å². The standard InChI is InChI=1S/C22H28ClNO4/c1-15-12-18(13-16(2)22(15)23)28-11-5-6-21(25)24-10-9-17-7-8-19(26-3)20(14-17)27-4/h7-8,12-14H,5-6,9-11H2,1-4H3,(H,24,25). The van der Waals surface area contributed by atoms with E-state index in [1.54, 1.807) is 14.2 Å². The Morgan fingerprint density at radius 3 is 2.36 bits per heavy atom. The van der Waals surface area contributed by atoms with Crippen molar-refractivity contribution in [1.29, 1.82) is 0 Å². The van der Waals surface area contributed by atoms with Gasteiger partial charge in [0.15, 0.2) is 11.5 Å². The molecule has 0 spiro atoms. The summed E-state index contributed by atoms with van der Waals surface area (Å²) in [6.45, 7) is 4.97. The lowest BCUT2D eigenvalue weighted by atomic mass is 10.1. The molecule has 1 N–H and O–H groups in total. The number of nitrogens with one attached hydrogen (secondary N) is 1. The van der Waals surface area contributed by atoms with Gasteiger partial charge in [-0.15, -0.1) is 0 Å². The van der Waals surface area contributed by atoms with Crippen molar-refractivity contribution in [1.82, 2.24) is 5.32 Å². The quantitative estimate of drug-likeness (QED) is 0.591. The zero-order chi connectivity index (χ0) is 20.5. The smallest absolute Gasteiger partial charge is 0.220 e. The van der Waals surface area contributed by atoms with Gasteiger partial charge in [-0.1, -0.05) is 17.7 Å². The van der Waals surface area contributed by atoms with Crippen molar-refractivity contribution in [3.63, 3.8) is 0 Å². The monoisotopic (exact) mass is 405 g/mol. The van der Waals surface area contributed by atoms with E-state index < -0.39 is 0 Å². The van der Waals surface area contributed by atoms with Gasteiger partial charge >= 0.3 is 0 Å². The second-order valence-electron chi connectivity index (χ2n) is 6.61. The van der Waals surface area contributed by atoms with Crippen LogP contribution in [0.25, 0.3) is 0 Å². The normalized spacial score (nSPS) is 10.5. The van der Waals surface area contributed by atoms with Crippen LogP contribution in [0.4, 0.5) is 0 Å². The zero-order valence-electron chi connectivity index (χ0n) is 16.9. The molecule has 152 valence electrons. The van der Waals surface area contributed by atoms with Crippen LogP contribution in [0.5, 0.6) is 17.2 Å².